The molecule has 122 valence electrons. The average Bonchev–Trinajstić information content (AvgIpc) is 3.08. The third-order valence-corrected chi connectivity index (χ3v) is 3.25. The fourth-order valence-electron chi connectivity index (χ4n) is 2.04. The summed E-state index contributed by atoms with van der Waals surface area (Å²) in [5.41, 5.74) is 0.927. The van der Waals surface area contributed by atoms with E-state index in [0.717, 1.165) is 5.56 Å². The zero-order chi connectivity index (χ0) is 16.5. The summed E-state index contributed by atoms with van der Waals surface area (Å²) in [6.45, 7) is 0.332. The van der Waals surface area contributed by atoms with Gasteiger partial charge in [0.2, 0.25) is 11.8 Å². The molecule has 0 bridgehead atoms. The summed E-state index contributed by atoms with van der Waals surface area (Å²) in [6, 6.07) is 12.7. The molecule has 1 atom stereocenters. The van der Waals surface area contributed by atoms with Crippen LogP contribution < -0.4 is 10.6 Å². The molecular weight excluding hydrogens is 296 g/mol. The van der Waals surface area contributed by atoms with E-state index in [9.17, 15) is 14.7 Å². The number of furan rings is 1. The van der Waals surface area contributed by atoms with E-state index in [1.54, 1.807) is 12.1 Å². The quantitative estimate of drug-likeness (QED) is 0.682. The van der Waals surface area contributed by atoms with Crippen molar-refractivity contribution in [1.29, 1.82) is 0 Å². The molecule has 0 radical (unpaired) electrons. The predicted octanol–water partition coefficient (Wildman–Crippen LogP) is 1.18. The molecule has 2 rings (SSSR count). The lowest BCUT2D eigenvalue weighted by Crippen LogP contribution is -2.33. The van der Waals surface area contributed by atoms with Crippen LogP contribution in [-0.4, -0.2) is 30.0 Å². The smallest absolute Gasteiger partial charge is 0.224 e. The molecule has 0 aliphatic carbocycles. The number of aliphatic hydroxyl groups is 1. The van der Waals surface area contributed by atoms with Crippen LogP contribution in [0.3, 0.4) is 0 Å². The predicted molar refractivity (Wildman–Crippen MR) is 84.5 cm³/mol. The molecule has 0 saturated heterocycles. The first-order valence-corrected chi connectivity index (χ1v) is 7.44. The molecule has 0 fully saturated rings. The Morgan fingerprint density at radius 1 is 1.04 bits per heavy atom. The third-order valence-electron chi connectivity index (χ3n) is 3.25. The highest BCUT2D eigenvalue weighted by Gasteiger charge is 2.12. The second-order valence-electron chi connectivity index (χ2n) is 5.10. The minimum atomic E-state index is -0.873. The van der Waals surface area contributed by atoms with E-state index in [1.807, 2.05) is 30.3 Å². The normalized spacial score (nSPS) is 11.7. The number of rotatable bonds is 8. The van der Waals surface area contributed by atoms with E-state index < -0.39 is 6.10 Å². The molecule has 1 aromatic heterocycles. The Hall–Kier alpha value is -2.60. The SMILES string of the molecule is O=C(CCNC(=O)Cc1ccccc1)NCC(O)c1ccco1. The van der Waals surface area contributed by atoms with Crippen molar-refractivity contribution in [2.24, 2.45) is 0 Å². The molecule has 6 nitrogen and oxygen atoms in total. The van der Waals surface area contributed by atoms with Crippen LogP contribution in [0.15, 0.2) is 53.1 Å². The molecule has 23 heavy (non-hydrogen) atoms. The largest absolute Gasteiger partial charge is 0.467 e. The highest BCUT2D eigenvalue weighted by molar-refractivity contribution is 5.80. The van der Waals surface area contributed by atoms with Gasteiger partial charge in [-0.1, -0.05) is 30.3 Å². The van der Waals surface area contributed by atoms with Gasteiger partial charge in [0, 0.05) is 13.0 Å². The summed E-state index contributed by atoms with van der Waals surface area (Å²) >= 11 is 0. The van der Waals surface area contributed by atoms with Gasteiger partial charge in [-0.2, -0.15) is 0 Å². The number of nitrogens with one attached hydrogen (secondary N) is 2. The first-order valence-electron chi connectivity index (χ1n) is 7.44. The van der Waals surface area contributed by atoms with Gasteiger partial charge in [0.25, 0.3) is 0 Å². The highest BCUT2D eigenvalue weighted by atomic mass is 16.4. The second-order valence-corrected chi connectivity index (χ2v) is 5.10. The standard InChI is InChI=1S/C17H20N2O4/c20-14(15-7-4-10-23-15)12-19-16(21)8-9-18-17(22)11-13-5-2-1-3-6-13/h1-7,10,14,20H,8-9,11-12H2,(H,18,22)(H,19,21). The number of benzene rings is 1. The summed E-state index contributed by atoms with van der Waals surface area (Å²) in [5, 5.41) is 15.0. The molecule has 0 saturated carbocycles. The first-order chi connectivity index (χ1) is 11.1. The van der Waals surface area contributed by atoms with Gasteiger partial charge in [-0.05, 0) is 17.7 Å². The van der Waals surface area contributed by atoms with Crippen molar-refractivity contribution in [1.82, 2.24) is 10.6 Å². The molecule has 6 heteroatoms. The Bertz CT molecular complexity index is 611. The molecular formula is C17H20N2O4. The van der Waals surface area contributed by atoms with Gasteiger partial charge in [-0.25, -0.2) is 0 Å². The maximum Gasteiger partial charge on any atom is 0.224 e. The number of hydrogen-bond donors (Lipinski definition) is 3. The number of carbonyl (C=O) groups excluding carboxylic acids is 2. The van der Waals surface area contributed by atoms with Crippen LogP contribution in [0.2, 0.25) is 0 Å². The fraction of sp³-hybridized carbons (Fsp3) is 0.294. The van der Waals surface area contributed by atoms with Crippen LogP contribution in [0.1, 0.15) is 23.8 Å². The van der Waals surface area contributed by atoms with Crippen LogP contribution in [0.4, 0.5) is 0 Å². The topological polar surface area (TPSA) is 91.6 Å². The van der Waals surface area contributed by atoms with Crippen LogP contribution in [0.25, 0.3) is 0 Å². The molecule has 1 heterocycles. The Morgan fingerprint density at radius 3 is 2.52 bits per heavy atom. The van der Waals surface area contributed by atoms with E-state index in [-0.39, 0.29) is 31.3 Å². The van der Waals surface area contributed by atoms with Gasteiger partial charge >= 0.3 is 0 Å². The number of aliphatic hydroxyl groups excluding tert-OH is 1. The van der Waals surface area contributed by atoms with Crippen molar-refractivity contribution in [3.63, 3.8) is 0 Å². The Labute approximate surface area is 134 Å². The molecule has 1 aromatic carbocycles. The summed E-state index contributed by atoms with van der Waals surface area (Å²) in [4.78, 5) is 23.4. The number of carbonyl (C=O) groups is 2. The minimum Gasteiger partial charge on any atom is -0.467 e. The fourth-order valence-corrected chi connectivity index (χ4v) is 2.04. The van der Waals surface area contributed by atoms with Crippen LogP contribution in [-0.2, 0) is 16.0 Å². The lowest BCUT2D eigenvalue weighted by Gasteiger charge is -2.10. The summed E-state index contributed by atoms with van der Waals surface area (Å²) in [6.07, 6.45) is 1.04. The molecule has 2 amide bonds. The number of hydrogen-bond acceptors (Lipinski definition) is 4. The van der Waals surface area contributed by atoms with Gasteiger partial charge in [-0.3, -0.25) is 9.59 Å². The molecule has 2 aromatic rings. The van der Waals surface area contributed by atoms with Crippen LogP contribution in [0.5, 0.6) is 0 Å². The van der Waals surface area contributed by atoms with E-state index in [4.69, 9.17) is 4.42 Å². The maximum absolute atomic E-state index is 11.7. The monoisotopic (exact) mass is 316 g/mol. The molecule has 1 unspecified atom stereocenters. The van der Waals surface area contributed by atoms with Crippen molar-refractivity contribution < 1.29 is 19.1 Å². The Kier molecular flexibility index (Phi) is 6.38. The van der Waals surface area contributed by atoms with E-state index >= 15 is 0 Å². The zero-order valence-electron chi connectivity index (χ0n) is 12.7. The second kappa shape index (κ2) is 8.75. The highest BCUT2D eigenvalue weighted by Crippen LogP contribution is 2.11. The summed E-state index contributed by atoms with van der Waals surface area (Å²) in [5.74, 6) is 0.0386. The van der Waals surface area contributed by atoms with Crippen molar-refractivity contribution in [3.8, 4) is 0 Å². The minimum absolute atomic E-state index is 0.0737. The number of amides is 2. The molecule has 0 spiro atoms. The van der Waals surface area contributed by atoms with E-state index in [1.165, 1.54) is 6.26 Å². The average molecular weight is 316 g/mol. The van der Waals surface area contributed by atoms with Gasteiger partial charge < -0.3 is 20.2 Å². The maximum atomic E-state index is 11.7. The van der Waals surface area contributed by atoms with E-state index in [0.29, 0.717) is 12.2 Å². The lowest BCUT2D eigenvalue weighted by atomic mass is 10.1. The van der Waals surface area contributed by atoms with Gasteiger partial charge in [0.05, 0.1) is 19.2 Å². The van der Waals surface area contributed by atoms with Gasteiger partial charge in [0.1, 0.15) is 11.9 Å². The van der Waals surface area contributed by atoms with Crippen molar-refractivity contribution in [2.75, 3.05) is 13.1 Å². The van der Waals surface area contributed by atoms with Crippen molar-refractivity contribution >= 4 is 11.8 Å². The van der Waals surface area contributed by atoms with Gasteiger partial charge in [-0.15, -0.1) is 0 Å². The zero-order valence-corrected chi connectivity index (χ0v) is 12.7. The molecule has 3 N–H and O–H groups in total. The van der Waals surface area contributed by atoms with Crippen molar-refractivity contribution in [3.05, 3.63) is 60.1 Å². The molecule has 0 aliphatic heterocycles. The summed E-state index contributed by atoms with van der Waals surface area (Å²) < 4.78 is 5.04. The Balaban J connectivity index is 1.60. The van der Waals surface area contributed by atoms with E-state index in [2.05, 4.69) is 10.6 Å². The first kappa shape index (κ1) is 16.8. The lowest BCUT2D eigenvalue weighted by molar-refractivity contribution is -0.122. The van der Waals surface area contributed by atoms with Crippen LogP contribution >= 0.6 is 0 Å². The van der Waals surface area contributed by atoms with Gasteiger partial charge in [0.15, 0.2) is 0 Å². The summed E-state index contributed by atoms with van der Waals surface area (Å²) in [7, 11) is 0. The third kappa shape index (κ3) is 5.96. The Morgan fingerprint density at radius 2 is 1.83 bits per heavy atom. The molecule has 0 aliphatic rings. The van der Waals surface area contributed by atoms with Crippen molar-refractivity contribution in [2.45, 2.75) is 18.9 Å². The van der Waals surface area contributed by atoms with Crippen LogP contribution in [0, 0.1) is 0 Å².